The average molecular weight is 269 g/mol. The molecule has 2 nitrogen and oxygen atoms in total. The van der Waals surface area contributed by atoms with E-state index in [0.717, 1.165) is 21.5 Å². The molecule has 1 unspecified atom stereocenters. The van der Waals surface area contributed by atoms with Crippen molar-refractivity contribution >= 4 is 15.9 Å². The topological polar surface area (TPSA) is 18.5 Å². The zero-order chi connectivity index (χ0) is 11.4. The summed E-state index contributed by atoms with van der Waals surface area (Å²) in [6.45, 7) is 1.96. The summed E-state index contributed by atoms with van der Waals surface area (Å²) in [5, 5.41) is 0. The summed E-state index contributed by atoms with van der Waals surface area (Å²) in [5.41, 5.74) is 1.01. The lowest BCUT2D eigenvalue weighted by atomic mass is 10.0. The summed E-state index contributed by atoms with van der Waals surface area (Å²) in [5.74, 6) is 4.18. The summed E-state index contributed by atoms with van der Waals surface area (Å²) in [6, 6.07) is 3.83. The standard InChI is InChI=1S/C12H13BrO2/c1-5-8(2)9-6-10(14-3)12(13)11(7-9)15-4/h1,6-8H,2-4H3. The lowest BCUT2D eigenvalue weighted by Crippen LogP contribution is -1.95. The summed E-state index contributed by atoms with van der Waals surface area (Å²) in [4.78, 5) is 0. The Morgan fingerprint density at radius 1 is 1.27 bits per heavy atom. The molecule has 0 N–H and O–H groups in total. The van der Waals surface area contributed by atoms with Crippen LogP contribution in [-0.2, 0) is 0 Å². The second-order valence-electron chi connectivity index (χ2n) is 3.13. The van der Waals surface area contributed by atoms with Crippen LogP contribution in [0.25, 0.3) is 0 Å². The lowest BCUT2D eigenvalue weighted by Gasteiger charge is -2.12. The van der Waals surface area contributed by atoms with Gasteiger partial charge in [-0.05, 0) is 40.5 Å². The van der Waals surface area contributed by atoms with Gasteiger partial charge in [-0.2, -0.15) is 0 Å². The van der Waals surface area contributed by atoms with Crippen LogP contribution in [-0.4, -0.2) is 14.2 Å². The summed E-state index contributed by atoms with van der Waals surface area (Å²) >= 11 is 3.41. The maximum atomic E-state index is 5.38. The Kier molecular flexibility index (Phi) is 4.05. The van der Waals surface area contributed by atoms with Gasteiger partial charge in [0.15, 0.2) is 0 Å². The number of ether oxygens (including phenoxy) is 2. The van der Waals surface area contributed by atoms with E-state index in [1.54, 1.807) is 14.2 Å². The first-order valence-corrected chi connectivity index (χ1v) is 5.30. The van der Waals surface area contributed by atoms with E-state index >= 15 is 0 Å². The quantitative estimate of drug-likeness (QED) is 0.784. The third-order valence-corrected chi connectivity index (χ3v) is 3.00. The number of terminal acetylenes is 1. The molecule has 1 aromatic rings. The van der Waals surface area contributed by atoms with E-state index in [2.05, 4.69) is 21.9 Å². The first-order valence-electron chi connectivity index (χ1n) is 4.51. The van der Waals surface area contributed by atoms with Crippen molar-refractivity contribution in [2.24, 2.45) is 0 Å². The minimum atomic E-state index is 0.0425. The third-order valence-electron chi connectivity index (χ3n) is 2.22. The molecule has 0 aliphatic heterocycles. The molecule has 0 aliphatic rings. The predicted molar refractivity (Wildman–Crippen MR) is 64.5 cm³/mol. The average Bonchev–Trinajstić information content (AvgIpc) is 2.28. The van der Waals surface area contributed by atoms with Crippen LogP contribution in [0.15, 0.2) is 16.6 Å². The van der Waals surface area contributed by atoms with Gasteiger partial charge in [0.05, 0.1) is 14.2 Å². The number of methoxy groups -OCH3 is 2. The molecule has 0 aliphatic carbocycles. The first-order chi connectivity index (χ1) is 7.13. The Labute approximate surface area is 98.7 Å². The number of rotatable bonds is 3. The molecule has 1 rings (SSSR count). The minimum Gasteiger partial charge on any atom is -0.495 e. The van der Waals surface area contributed by atoms with Gasteiger partial charge in [0.2, 0.25) is 0 Å². The lowest BCUT2D eigenvalue weighted by molar-refractivity contribution is 0.388. The van der Waals surface area contributed by atoms with Gasteiger partial charge in [-0.1, -0.05) is 5.92 Å². The van der Waals surface area contributed by atoms with Crippen molar-refractivity contribution in [1.29, 1.82) is 0 Å². The van der Waals surface area contributed by atoms with Gasteiger partial charge in [-0.25, -0.2) is 0 Å². The van der Waals surface area contributed by atoms with Crippen molar-refractivity contribution in [3.05, 3.63) is 22.2 Å². The molecular formula is C12H13BrO2. The highest BCUT2D eigenvalue weighted by molar-refractivity contribution is 9.10. The predicted octanol–water partition coefficient (Wildman–Crippen LogP) is 3.20. The normalized spacial score (nSPS) is 11.7. The van der Waals surface area contributed by atoms with E-state index in [0.29, 0.717) is 0 Å². The van der Waals surface area contributed by atoms with Crippen molar-refractivity contribution in [1.82, 2.24) is 0 Å². The molecule has 0 aromatic heterocycles. The zero-order valence-corrected chi connectivity index (χ0v) is 10.6. The van der Waals surface area contributed by atoms with Gasteiger partial charge >= 0.3 is 0 Å². The molecule has 0 heterocycles. The second-order valence-corrected chi connectivity index (χ2v) is 3.92. The van der Waals surface area contributed by atoms with Crippen molar-refractivity contribution in [2.45, 2.75) is 12.8 Å². The molecule has 1 atom stereocenters. The maximum Gasteiger partial charge on any atom is 0.137 e. The van der Waals surface area contributed by atoms with Crippen LogP contribution >= 0.6 is 15.9 Å². The van der Waals surface area contributed by atoms with E-state index < -0.39 is 0 Å². The SMILES string of the molecule is C#CC(C)c1cc(OC)c(Br)c(OC)c1. The zero-order valence-electron chi connectivity index (χ0n) is 9.00. The Hall–Kier alpha value is -1.14. The summed E-state index contributed by atoms with van der Waals surface area (Å²) < 4.78 is 11.3. The number of hydrogen-bond donors (Lipinski definition) is 0. The molecule has 0 fully saturated rings. The Bertz CT molecular complexity index is 368. The Morgan fingerprint density at radius 3 is 2.07 bits per heavy atom. The number of halogens is 1. The second kappa shape index (κ2) is 5.09. The number of hydrogen-bond acceptors (Lipinski definition) is 2. The van der Waals surface area contributed by atoms with Crippen molar-refractivity contribution in [2.75, 3.05) is 14.2 Å². The van der Waals surface area contributed by atoms with Crippen LogP contribution in [0.3, 0.4) is 0 Å². The van der Waals surface area contributed by atoms with E-state index in [-0.39, 0.29) is 5.92 Å². The van der Waals surface area contributed by atoms with Gasteiger partial charge in [0, 0.05) is 5.92 Å². The van der Waals surface area contributed by atoms with Crippen LogP contribution in [0.1, 0.15) is 18.4 Å². The molecule has 0 bridgehead atoms. The van der Waals surface area contributed by atoms with Crippen molar-refractivity contribution in [3.63, 3.8) is 0 Å². The third kappa shape index (κ3) is 2.45. The largest absolute Gasteiger partial charge is 0.495 e. The molecule has 1 aromatic carbocycles. The highest BCUT2D eigenvalue weighted by Gasteiger charge is 2.12. The Morgan fingerprint density at radius 2 is 1.73 bits per heavy atom. The highest BCUT2D eigenvalue weighted by atomic mass is 79.9. The fraction of sp³-hybridized carbons (Fsp3) is 0.333. The van der Waals surface area contributed by atoms with Crippen LogP contribution in [0.5, 0.6) is 11.5 Å². The van der Waals surface area contributed by atoms with Crippen LogP contribution in [0, 0.1) is 12.3 Å². The van der Waals surface area contributed by atoms with Gasteiger partial charge in [-0.3, -0.25) is 0 Å². The van der Waals surface area contributed by atoms with E-state index in [1.807, 2.05) is 19.1 Å². The maximum absolute atomic E-state index is 5.38. The summed E-state index contributed by atoms with van der Waals surface area (Å²) in [7, 11) is 3.23. The smallest absolute Gasteiger partial charge is 0.137 e. The molecule has 0 amide bonds. The van der Waals surface area contributed by atoms with E-state index in [1.165, 1.54) is 0 Å². The molecule has 0 radical (unpaired) electrons. The van der Waals surface area contributed by atoms with Gasteiger partial charge in [0.25, 0.3) is 0 Å². The van der Waals surface area contributed by atoms with Crippen LogP contribution in [0.4, 0.5) is 0 Å². The number of benzene rings is 1. The molecule has 0 saturated heterocycles. The highest BCUT2D eigenvalue weighted by Crippen LogP contribution is 2.37. The minimum absolute atomic E-state index is 0.0425. The van der Waals surface area contributed by atoms with Gasteiger partial charge < -0.3 is 9.47 Å². The molecule has 3 heteroatoms. The van der Waals surface area contributed by atoms with Crippen LogP contribution < -0.4 is 9.47 Å². The first kappa shape index (κ1) is 11.9. The molecule has 0 spiro atoms. The van der Waals surface area contributed by atoms with Crippen molar-refractivity contribution < 1.29 is 9.47 Å². The van der Waals surface area contributed by atoms with Gasteiger partial charge in [-0.15, -0.1) is 6.42 Å². The van der Waals surface area contributed by atoms with E-state index in [4.69, 9.17) is 15.9 Å². The fourth-order valence-electron chi connectivity index (χ4n) is 1.24. The van der Waals surface area contributed by atoms with E-state index in [9.17, 15) is 0 Å². The Balaban J connectivity index is 3.28. The van der Waals surface area contributed by atoms with Gasteiger partial charge in [0.1, 0.15) is 16.0 Å². The molecule has 15 heavy (non-hydrogen) atoms. The molecule has 80 valence electrons. The molecule has 0 saturated carbocycles. The molecular weight excluding hydrogens is 256 g/mol. The summed E-state index contributed by atoms with van der Waals surface area (Å²) in [6.07, 6.45) is 5.38. The fourth-order valence-corrected chi connectivity index (χ4v) is 1.79. The monoisotopic (exact) mass is 268 g/mol. The van der Waals surface area contributed by atoms with Crippen molar-refractivity contribution in [3.8, 4) is 23.8 Å². The van der Waals surface area contributed by atoms with Crippen LogP contribution in [0.2, 0.25) is 0 Å².